The van der Waals surface area contributed by atoms with E-state index < -0.39 is 5.97 Å². The van der Waals surface area contributed by atoms with E-state index in [2.05, 4.69) is 4.99 Å². The van der Waals surface area contributed by atoms with Gasteiger partial charge in [-0.25, -0.2) is 14.2 Å². The van der Waals surface area contributed by atoms with E-state index in [0.29, 0.717) is 24.3 Å². The number of carbonyl (C=O) groups excluding carboxylic acids is 1. The summed E-state index contributed by atoms with van der Waals surface area (Å²) in [5.41, 5.74) is 0.912. The standard InChI is InChI=1S/C16H12FNO3/c17-12-5-3-11(4-6-12)10-14-16(19)21-15(18-14)8-7-13-2-1-9-20-13/h1-6,9-10H,7-8H2/b14-10+. The molecule has 1 aliphatic heterocycles. The van der Waals surface area contributed by atoms with Crippen LogP contribution < -0.4 is 0 Å². The molecule has 0 atom stereocenters. The van der Waals surface area contributed by atoms with Crippen LogP contribution in [0.25, 0.3) is 6.08 Å². The molecule has 0 spiro atoms. The number of hydrogen-bond donors (Lipinski definition) is 0. The lowest BCUT2D eigenvalue weighted by atomic mass is 10.2. The summed E-state index contributed by atoms with van der Waals surface area (Å²) in [4.78, 5) is 15.9. The zero-order valence-electron chi connectivity index (χ0n) is 11.1. The van der Waals surface area contributed by atoms with Gasteiger partial charge in [0.05, 0.1) is 6.26 Å². The van der Waals surface area contributed by atoms with Gasteiger partial charge >= 0.3 is 5.97 Å². The molecular weight excluding hydrogens is 273 g/mol. The molecule has 0 amide bonds. The Balaban J connectivity index is 1.71. The summed E-state index contributed by atoms with van der Waals surface area (Å²) in [6.07, 6.45) is 4.27. The van der Waals surface area contributed by atoms with Crippen LogP contribution in [0.1, 0.15) is 17.7 Å². The predicted molar refractivity (Wildman–Crippen MR) is 74.9 cm³/mol. The van der Waals surface area contributed by atoms with Crippen LogP contribution in [0.5, 0.6) is 0 Å². The first-order valence-electron chi connectivity index (χ1n) is 6.50. The Bertz CT molecular complexity index is 700. The van der Waals surface area contributed by atoms with Gasteiger partial charge in [0.2, 0.25) is 0 Å². The molecule has 2 heterocycles. The maximum atomic E-state index is 12.8. The second-order valence-corrected chi connectivity index (χ2v) is 4.56. The summed E-state index contributed by atoms with van der Waals surface area (Å²) >= 11 is 0. The zero-order valence-corrected chi connectivity index (χ0v) is 11.1. The van der Waals surface area contributed by atoms with Crippen molar-refractivity contribution in [2.45, 2.75) is 12.8 Å². The van der Waals surface area contributed by atoms with Gasteiger partial charge in [-0.3, -0.25) is 0 Å². The topological polar surface area (TPSA) is 51.8 Å². The molecule has 4 nitrogen and oxygen atoms in total. The highest BCUT2D eigenvalue weighted by atomic mass is 19.1. The van der Waals surface area contributed by atoms with Crippen molar-refractivity contribution in [3.05, 3.63) is 65.5 Å². The van der Waals surface area contributed by atoms with Crippen LogP contribution in [0.4, 0.5) is 4.39 Å². The maximum absolute atomic E-state index is 12.8. The first-order valence-corrected chi connectivity index (χ1v) is 6.50. The number of aryl methyl sites for hydroxylation is 1. The number of cyclic esters (lactones) is 1. The van der Waals surface area contributed by atoms with Crippen LogP contribution in [-0.4, -0.2) is 11.9 Å². The second kappa shape index (κ2) is 5.75. The minimum Gasteiger partial charge on any atom is -0.469 e. The molecule has 0 bridgehead atoms. The van der Waals surface area contributed by atoms with Crippen LogP contribution in [-0.2, 0) is 16.0 Å². The molecule has 0 unspecified atom stereocenters. The van der Waals surface area contributed by atoms with Crippen molar-refractivity contribution in [1.82, 2.24) is 0 Å². The number of nitrogens with zero attached hydrogens (tertiary/aromatic N) is 1. The van der Waals surface area contributed by atoms with Gasteiger partial charge in [-0.15, -0.1) is 0 Å². The van der Waals surface area contributed by atoms with Crippen LogP contribution in [0, 0.1) is 5.82 Å². The molecule has 1 aliphatic rings. The van der Waals surface area contributed by atoms with Crippen LogP contribution >= 0.6 is 0 Å². The molecule has 1 aromatic carbocycles. The van der Waals surface area contributed by atoms with Gasteiger partial charge < -0.3 is 9.15 Å². The molecule has 0 saturated carbocycles. The number of aliphatic imine (C=N–C) groups is 1. The molecule has 1 aromatic heterocycles. The molecule has 0 saturated heterocycles. The van der Waals surface area contributed by atoms with Crippen LogP contribution in [0.3, 0.4) is 0 Å². The third-order valence-corrected chi connectivity index (χ3v) is 3.00. The number of esters is 1. The van der Waals surface area contributed by atoms with Crippen molar-refractivity contribution in [2.24, 2.45) is 4.99 Å². The van der Waals surface area contributed by atoms with Crippen LogP contribution in [0.15, 0.2) is 57.8 Å². The Morgan fingerprint density at radius 2 is 1.95 bits per heavy atom. The van der Waals surface area contributed by atoms with Crippen molar-refractivity contribution in [1.29, 1.82) is 0 Å². The molecule has 0 fully saturated rings. The fourth-order valence-electron chi connectivity index (χ4n) is 1.96. The maximum Gasteiger partial charge on any atom is 0.363 e. The third kappa shape index (κ3) is 3.25. The van der Waals surface area contributed by atoms with E-state index in [0.717, 1.165) is 5.76 Å². The molecule has 2 aromatic rings. The normalized spacial score (nSPS) is 16.1. The van der Waals surface area contributed by atoms with E-state index in [1.165, 1.54) is 12.1 Å². The molecule has 0 N–H and O–H groups in total. The van der Waals surface area contributed by atoms with E-state index >= 15 is 0 Å². The molecule has 3 rings (SSSR count). The lowest BCUT2D eigenvalue weighted by molar-refractivity contribution is -0.130. The number of rotatable bonds is 4. The lowest BCUT2D eigenvalue weighted by Crippen LogP contribution is -2.04. The van der Waals surface area contributed by atoms with Gasteiger partial charge in [-0.05, 0) is 35.9 Å². The van der Waals surface area contributed by atoms with Gasteiger partial charge in [-0.1, -0.05) is 12.1 Å². The average Bonchev–Trinajstić information content (AvgIpc) is 3.10. The zero-order chi connectivity index (χ0) is 14.7. The summed E-state index contributed by atoms with van der Waals surface area (Å²) < 4.78 is 23.1. The van der Waals surface area contributed by atoms with E-state index in [-0.39, 0.29) is 11.5 Å². The average molecular weight is 285 g/mol. The monoisotopic (exact) mass is 285 g/mol. The predicted octanol–water partition coefficient (Wildman–Crippen LogP) is 3.35. The Kier molecular flexibility index (Phi) is 3.64. The minimum atomic E-state index is -0.492. The summed E-state index contributed by atoms with van der Waals surface area (Å²) in [5, 5.41) is 0. The SMILES string of the molecule is O=C1OC(CCc2ccco2)=N/C1=C/c1ccc(F)cc1. The quantitative estimate of drug-likeness (QED) is 0.639. The Morgan fingerprint density at radius 3 is 2.67 bits per heavy atom. The smallest absolute Gasteiger partial charge is 0.363 e. The van der Waals surface area contributed by atoms with Crippen LogP contribution in [0.2, 0.25) is 0 Å². The van der Waals surface area contributed by atoms with Crippen molar-refractivity contribution < 1.29 is 18.3 Å². The van der Waals surface area contributed by atoms with E-state index in [9.17, 15) is 9.18 Å². The molecular formula is C16H12FNO3. The first kappa shape index (κ1) is 13.3. The number of benzene rings is 1. The summed E-state index contributed by atoms with van der Waals surface area (Å²) in [7, 11) is 0. The molecule has 0 aliphatic carbocycles. The van der Waals surface area contributed by atoms with Crippen molar-refractivity contribution >= 4 is 17.9 Å². The molecule has 106 valence electrons. The first-order chi connectivity index (χ1) is 10.2. The van der Waals surface area contributed by atoms with Crippen molar-refractivity contribution in [3.63, 3.8) is 0 Å². The number of furan rings is 1. The number of carbonyl (C=O) groups is 1. The number of hydrogen-bond acceptors (Lipinski definition) is 4. The van der Waals surface area contributed by atoms with E-state index in [1.54, 1.807) is 30.5 Å². The third-order valence-electron chi connectivity index (χ3n) is 3.00. The largest absolute Gasteiger partial charge is 0.469 e. The van der Waals surface area contributed by atoms with Gasteiger partial charge in [-0.2, -0.15) is 0 Å². The summed E-state index contributed by atoms with van der Waals surface area (Å²) in [5.74, 6) is 0.358. The fourth-order valence-corrected chi connectivity index (χ4v) is 1.96. The Morgan fingerprint density at radius 1 is 1.14 bits per heavy atom. The fraction of sp³-hybridized carbons (Fsp3) is 0.125. The number of ether oxygens (including phenoxy) is 1. The molecule has 0 radical (unpaired) electrons. The minimum absolute atomic E-state index is 0.219. The van der Waals surface area contributed by atoms with Gasteiger partial charge in [0.1, 0.15) is 11.6 Å². The Labute approximate surface area is 120 Å². The summed E-state index contributed by atoms with van der Waals surface area (Å²) in [6.45, 7) is 0. The van der Waals surface area contributed by atoms with Gasteiger partial charge in [0.15, 0.2) is 11.6 Å². The van der Waals surface area contributed by atoms with Gasteiger partial charge in [0.25, 0.3) is 0 Å². The van der Waals surface area contributed by atoms with Gasteiger partial charge in [0, 0.05) is 12.8 Å². The molecule has 5 heteroatoms. The Hall–Kier alpha value is -2.69. The van der Waals surface area contributed by atoms with Crippen molar-refractivity contribution in [3.8, 4) is 0 Å². The highest BCUT2D eigenvalue weighted by Crippen LogP contribution is 2.18. The summed E-state index contributed by atoms with van der Waals surface area (Å²) in [6, 6.07) is 9.46. The molecule has 21 heavy (non-hydrogen) atoms. The lowest BCUT2D eigenvalue weighted by Gasteiger charge is -1.96. The van der Waals surface area contributed by atoms with Crippen molar-refractivity contribution in [2.75, 3.05) is 0 Å². The number of halogens is 1. The second-order valence-electron chi connectivity index (χ2n) is 4.56. The highest BCUT2D eigenvalue weighted by Gasteiger charge is 2.22. The van der Waals surface area contributed by atoms with E-state index in [1.807, 2.05) is 6.07 Å². The highest BCUT2D eigenvalue weighted by molar-refractivity contribution is 6.07. The van der Waals surface area contributed by atoms with E-state index in [4.69, 9.17) is 9.15 Å².